The highest BCUT2D eigenvalue weighted by Crippen LogP contribution is 2.18. The summed E-state index contributed by atoms with van der Waals surface area (Å²) < 4.78 is 0. The van der Waals surface area contributed by atoms with Gasteiger partial charge < -0.3 is 15.1 Å². The fraction of sp³-hybridized carbons (Fsp3) is 0.750. The average Bonchev–Trinajstić information content (AvgIpc) is 2.50. The SMILES string of the molecule is CCNc1ncc(C)c(N(CC)CCCN(CC)CC)n1. The highest BCUT2D eigenvalue weighted by Gasteiger charge is 2.11. The molecule has 0 saturated heterocycles. The Bertz CT molecular complexity index is 404. The molecule has 1 N–H and O–H groups in total. The maximum absolute atomic E-state index is 4.66. The van der Waals surface area contributed by atoms with Gasteiger partial charge in [0.25, 0.3) is 0 Å². The zero-order valence-electron chi connectivity index (χ0n) is 14.3. The number of nitrogens with zero attached hydrogens (tertiary/aromatic N) is 4. The lowest BCUT2D eigenvalue weighted by atomic mass is 10.3. The molecule has 0 aliphatic carbocycles. The summed E-state index contributed by atoms with van der Waals surface area (Å²) in [7, 11) is 0. The molecule has 5 nitrogen and oxygen atoms in total. The third-order valence-corrected chi connectivity index (χ3v) is 3.76. The molecule has 120 valence electrons. The lowest BCUT2D eigenvalue weighted by molar-refractivity contribution is 0.300. The van der Waals surface area contributed by atoms with Crippen molar-refractivity contribution in [3.05, 3.63) is 11.8 Å². The number of aromatic nitrogens is 2. The van der Waals surface area contributed by atoms with Crippen molar-refractivity contribution in [2.45, 2.75) is 41.0 Å². The van der Waals surface area contributed by atoms with Gasteiger partial charge in [0, 0.05) is 31.4 Å². The highest BCUT2D eigenvalue weighted by atomic mass is 15.2. The number of hydrogen-bond donors (Lipinski definition) is 1. The van der Waals surface area contributed by atoms with Crippen LogP contribution in [-0.2, 0) is 0 Å². The second kappa shape index (κ2) is 9.55. The first-order valence-electron chi connectivity index (χ1n) is 8.20. The smallest absolute Gasteiger partial charge is 0.224 e. The van der Waals surface area contributed by atoms with Crippen LogP contribution in [0.15, 0.2) is 6.20 Å². The lowest BCUT2D eigenvalue weighted by Gasteiger charge is -2.25. The van der Waals surface area contributed by atoms with Gasteiger partial charge in [-0.1, -0.05) is 13.8 Å². The van der Waals surface area contributed by atoms with Crippen molar-refractivity contribution in [2.24, 2.45) is 0 Å². The van der Waals surface area contributed by atoms with Gasteiger partial charge in [0.15, 0.2) is 0 Å². The predicted octanol–water partition coefficient (Wildman–Crippen LogP) is 2.78. The summed E-state index contributed by atoms with van der Waals surface area (Å²) in [5.74, 6) is 1.78. The summed E-state index contributed by atoms with van der Waals surface area (Å²) in [6.45, 7) is 17.0. The minimum atomic E-state index is 0.722. The first-order valence-corrected chi connectivity index (χ1v) is 8.20. The number of aryl methyl sites for hydroxylation is 1. The Labute approximate surface area is 129 Å². The van der Waals surface area contributed by atoms with Crippen molar-refractivity contribution in [2.75, 3.05) is 49.5 Å². The van der Waals surface area contributed by atoms with Crippen molar-refractivity contribution in [3.8, 4) is 0 Å². The van der Waals surface area contributed by atoms with Crippen LogP contribution in [0.5, 0.6) is 0 Å². The maximum atomic E-state index is 4.66. The maximum Gasteiger partial charge on any atom is 0.224 e. The zero-order valence-corrected chi connectivity index (χ0v) is 14.3. The molecule has 0 aliphatic rings. The van der Waals surface area contributed by atoms with Crippen LogP contribution in [0, 0.1) is 6.92 Å². The first kappa shape index (κ1) is 17.7. The molecular weight excluding hydrogens is 262 g/mol. The van der Waals surface area contributed by atoms with Gasteiger partial charge in [0.1, 0.15) is 5.82 Å². The lowest BCUT2D eigenvalue weighted by Crippen LogP contribution is -2.31. The molecule has 1 rings (SSSR count). The molecule has 1 aromatic heterocycles. The van der Waals surface area contributed by atoms with E-state index in [9.17, 15) is 0 Å². The standard InChI is InChI=1S/C16H31N5/c1-6-17-16-18-13-14(5)15(19-16)21(9-4)12-10-11-20(7-2)8-3/h13H,6-12H2,1-5H3,(H,17,18,19). The molecule has 0 saturated carbocycles. The van der Waals surface area contributed by atoms with Crippen molar-refractivity contribution >= 4 is 11.8 Å². The van der Waals surface area contributed by atoms with E-state index in [0.29, 0.717) is 0 Å². The fourth-order valence-electron chi connectivity index (χ4n) is 2.44. The van der Waals surface area contributed by atoms with Crippen molar-refractivity contribution in [1.82, 2.24) is 14.9 Å². The van der Waals surface area contributed by atoms with Gasteiger partial charge in [-0.15, -0.1) is 0 Å². The molecule has 0 aromatic carbocycles. The van der Waals surface area contributed by atoms with Crippen LogP contribution in [0.25, 0.3) is 0 Å². The van der Waals surface area contributed by atoms with E-state index in [-0.39, 0.29) is 0 Å². The van der Waals surface area contributed by atoms with E-state index >= 15 is 0 Å². The van der Waals surface area contributed by atoms with E-state index in [1.165, 1.54) is 0 Å². The van der Waals surface area contributed by atoms with E-state index in [1.807, 2.05) is 6.20 Å². The molecule has 0 spiro atoms. The molecule has 0 unspecified atom stereocenters. The first-order chi connectivity index (χ1) is 10.2. The third-order valence-electron chi connectivity index (χ3n) is 3.76. The Morgan fingerprint density at radius 2 is 1.76 bits per heavy atom. The van der Waals surface area contributed by atoms with E-state index in [4.69, 9.17) is 0 Å². The average molecular weight is 293 g/mol. The van der Waals surface area contributed by atoms with E-state index in [1.54, 1.807) is 0 Å². The third kappa shape index (κ3) is 5.50. The Morgan fingerprint density at radius 1 is 1.05 bits per heavy atom. The minimum Gasteiger partial charge on any atom is -0.356 e. The summed E-state index contributed by atoms with van der Waals surface area (Å²) in [4.78, 5) is 13.8. The van der Waals surface area contributed by atoms with Crippen molar-refractivity contribution in [3.63, 3.8) is 0 Å². The Balaban J connectivity index is 2.68. The van der Waals surface area contributed by atoms with Crippen LogP contribution in [-0.4, -0.2) is 54.1 Å². The monoisotopic (exact) mass is 293 g/mol. The van der Waals surface area contributed by atoms with E-state index in [0.717, 1.165) is 63.0 Å². The second-order valence-corrected chi connectivity index (χ2v) is 5.19. The number of rotatable bonds is 10. The molecule has 5 heteroatoms. The molecule has 0 fully saturated rings. The van der Waals surface area contributed by atoms with Crippen molar-refractivity contribution < 1.29 is 0 Å². The van der Waals surface area contributed by atoms with Crippen LogP contribution in [0.3, 0.4) is 0 Å². The number of hydrogen-bond acceptors (Lipinski definition) is 5. The Morgan fingerprint density at radius 3 is 2.33 bits per heavy atom. The molecule has 1 aromatic rings. The summed E-state index contributed by atoms with van der Waals surface area (Å²) in [5, 5.41) is 3.19. The Kier molecular flexibility index (Phi) is 8.05. The summed E-state index contributed by atoms with van der Waals surface area (Å²) in [5.41, 5.74) is 1.14. The molecular formula is C16H31N5. The fourth-order valence-corrected chi connectivity index (χ4v) is 2.44. The summed E-state index contributed by atoms with van der Waals surface area (Å²) >= 11 is 0. The molecule has 0 atom stereocenters. The second-order valence-electron chi connectivity index (χ2n) is 5.19. The summed E-state index contributed by atoms with van der Waals surface area (Å²) in [6, 6.07) is 0. The Hall–Kier alpha value is -1.36. The van der Waals surface area contributed by atoms with Gasteiger partial charge in [-0.05, 0) is 46.8 Å². The molecule has 0 radical (unpaired) electrons. The van der Waals surface area contributed by atoms with Crippen LogP contribution in [0.1, 0.15) is 39.7 Å². The van der Waals surface area contributed by atoms with Gasteiger partial charge in [-0.2, -0.15) is 4.98 Å². The number of nitrogens with one attached hydrogen (secondary N) is 1. The molecule has 0 aliphatic heterocycles. The van der Waals surface area contributed by atoms with Gasteiger partial charge >= 0.3 is 0 Å². The topological polar surface area (TPSA) is 44.3 Å². The predicted molar refractivity (Wildman–Crippen MR) is 91.2 cm³/mol. The molecule has 0 bridgehead atoms. The van der Waals surface area contributed by atoms with Crippen LogP contribution >= 0.6 is 0 Å². The van der Waals surface area contributed by atoms with Gasteiger partial charge in [-0.25, -0.2) is 4.98 Å². The van der Waals surface area contributed by atoms with Crippen molar-refractivity contribution in [1.29, 1.82) is 0 Å². The van der Waals surface area contributed by atoms with E-state index in [2.05, 4.69) is 59.7 Å². The summed E-state index contributed by atoms with van der Waals surface area (Å²) in [6.07, 6.45) is 3.07. The quantitative estimate of drug-likeness (QED) is 0.718. The highest BCUT2D eigenvalue weighted by molar-refractivity contribution is 5.48. The largest absolute Gasteiger partial charge is 0.356 e. The van der Waals surface area contributed by atoms with E-state index < -0.39 is 0 Å². The van der Waals surface area contributed by atoms with Gasteiger partial charge in [0.2, 0.25) is 5.95 Å². The zero-order chi connectivity index (χ0) is 15.7. The minimum absolute atomic E-state index is 0.722. The van der Waals surface area contributed by atoms with Gasteiger partial charge in [0.05, 0.1) is 0 Å². The number of anilines is 2. The van der Waals surface area contributed by atoms with Crippen LogP contribution in [0.2, 0.25) is 0 Å². The molecule has 1 heterocycles. The molecule has 0 amide bonds. The normalized spacial score (nSPS) is 11.0. The van der Waals surface area contributed by atoms with Crippen LogP contribution < -0.4 is 10.2 Å². The molecule has 21 heavy (non-hydrogen) atoms. The van der Waals surface area contributed by atoms with Crippen LogP contribution in [0.4, 0.5) is 11.8 Å². The van der Waals surface area contributed by atoms with Gasteiger partial charge in [-0.3, -0.25) is 0 Å².